The highest BCUT2D eigenvalue weighted by molar-refractivity contribution is 7.98. The summed E-state index contributed by atoms with van der Waals surface area (Å²) in [5.74, 6) is 5.17. The predicted molar refractivity (Wildman–Crippen MR) is 509 cm³/mol. The van der Waals surface area contributed by atoms with Gasteiger partial charge in [-0.15, -0.1) is 0 Å². The van der Waals surface area contributed by atoms with Crippen LogP contribution in [0.2, 0.25) is 0 Å². The number of hydrogen-bond acceptors (Lipinski definition) is 13. The average Bonchev–Trinajstić information content (AvgIpc) is 0.738. The molecule has 658 valence electrons. The molecule has 0 aromatic heterocycles. The van der Waals surface area contributed by atoms with Gasteiger partial charge in [-0.25, -0.2) is 19.2 Å². The van der Waals surface area contributed by atoms with Crippen molar-refractivity contribution in [1.29, 1.82) is 0 Å². The lowest BCUT2D eigenvalue weighted by Crippen LogP contribution is -2.58. The molecule has 0 heterocycles. The summed E-state index contributed by atoms with van der Waals surface area (Å²) in [5, 5.41) is 0. The molecule has 8 aliphatic carbocycles. The van der Waals surface area contributed by atoms with Gasteiger partial charge in [0.2, 0.25) is 0 Å². The molecule has 8 fully saturated rings. The maximum atomic E-state index is 12.8. The van der Waals surface area contributed by atoms with Gasteiger partial charge >= 0.3 is 23.9 Å². The molecule has 0 amide bonds. The Kier molecular flexibility index (Phi) is 30.3. The summed E-state index contributed by atoms with van der Waals surface area (Å²) in [6.45, 7) is 17.6. The van der Waals surface area contributed by atoms with Gasteiger partial charge in [0.1, 0.15) is 40.5 Å². The molecule has 0 spiro atoms. The Morgan fingerprint density at radius 2 is 0.594 bits per heavy atom. The van der Waals surface area contributed by atoms with Crippen LogP contribution in [0.25, 0.3) is 0 Å². The average molecular weight is 1790 g/mol. The molecule has 128 heavy (non-hydrogen) atoms. The monoisotopic (exact) mass is 1780 g/mol. The van der Waals surface area contributed by atoms with Crippen molar-refractivity contribution in [1.82, 2.24) is 0 Å². The van der Waals surface area contributed by atoms with E-state index in [2.05, 4.69) is 280 Å². The number of hydrogen-bond donors (Lipinski definition) is 0. The summed E-state index contributed by atoms with van der Waals surface area (Å²) in [7, 11) is 2.28. The second-order valence-electron chi connectivity index (χ2n) is 34.8. The third-order valence-corrected chi connectivity index (χ3v) is 34.5. The maximum Gasteiger partial charge on any atom is 0.344 e. The van der Waals surface area contributed by atoms with Crippen LogP contribution in [-0.2, 0) is 86.5 Å². The molecule has 0 radical (unpaired) electrons. The van der Waals surface area contributed by atoms with Gasteiger partial charge in [0, 0.05) is 54.4 Å². The van der Waals surface area contributed by atoms with Crippen molar-refractivity contribution in [2.75, 3.05) is 40.6 Å². The van der Waals surface area contributed by atoms with Crippen molar-refractivity contribution < 1.29 is 61.9 Å². The van der Waals surface area contributed by atoms with E-state index in [1.807, 2.05) is 77.9 Å². The van der Waals surface area contributed by atoms with Crippen molar-refractivity contribution in [2.24, 2.45) is 47.3 Å². The Morgan fingerprint density at radius 1 is 0.312 bits per heavy atom. The number of rotatable bonds is 26. The standard InChI is InChI=1S/C35H39O5S.C32H33O4S.C23H23O3S.C21H21OS/c1-23-14-31(41(29-10-6-4-7-11-29)30-12-8-5-9-13-30)15-24(2)34(23)39-21-32(36)38-22-33(37)40-35(3)27-17-25-16-26(19-27)20-28(35)18-25;1-20-13-27(37(25-9-5-3-6-10-25)26-11-7-4-8-12-26)14-21(2)31(20)35-19-29(33)36-32-24-16-22-15-23(18-24)30(34)28(32)17-22;1-17-14-21(15-18(2)23(17)26-16-22(24)25-3)27(19-10-6-4-7-11-19)20-12-8-5-9-13-20;1-16-14-20(15-17(2)21(16)22-3)23(18-10-6-4-7-11-18)19-12-8-5-9-13-19/h4-15,25-28H,16-22H2,1-3H3;3-14,22-24,28,32H,15-19H2,1-2H3;4-15H,16H2,1-3H3;4-15H,1-3H3/q4*+1. The van der Waals surface area contributed by atoms with Gasteiger partial charge in [-0.05, 0) is 297 Å². The zero-order valence-electron chi connectivity index (χ0n) is 75.0. The summed E-state index contributed by atoms with van der Waals surface area (Å²) in [6.07, 6.45) is 9.59. The van der Waals surface area contributed by atoms with E-state index < -0.39 is 17.5 Å². The molecule has 0 saturated heterocycles. The Hall–Kier alpha value is -11.2. The quantitative estimate of drug-likeness (QED) is 0.0287. The number of Topliss-reactive ketones (excluding diaryl/α,β-unsaturated/α-hetero) is 1. The van der Waals surface area contributed by atoms with Crippen LogP contribution in [0.4, 0.5) is 0 Å². The van der Waals surface area contributed by atoms with Gasteiger partial charge in [0.15, 0.2) is 85.2 Å². The number of benzene rings is 12. The molecule has 0 aliphatic heterocycles. The van der Waals surface area contributed by atoms with Crippen LogP contribution in [0, 0.1) is 103 Å². The van der Waals surface area contributed by atoms with Gasteiger partial charge in [0.25, 0.3) is 0 Å². The fourth-order valence-corrected chi connectivity index (χ4v) is 29.4. The third kappa shape index (κ3) is 21.7. The number of carbonyl (C=O) groups excluding carboxylic acids is 5. The minimum atomic E-state index is -0.576. The van der Waals surface area contributed by atoms with Crippen LogP contribution in [-0.4, -0.2) is 82.0 Å². The molecule has 20 rings (SSSR count). The number of ketones is 1. The van der Waals surface area contributed by atoms with Crippen LogP contribution in [0.5, 0.6) is 23.0 Å². The lowest BCUT2D eigenvalue weighted by Gasteiger charge is -2.59. The molecule has 0 N–H and O–H groups in total. The van der Waals surface area contributed by atoms with Crippen molar-refractivity contribution in [3.8, 4) is 23.0 Å². The summed E-state index contributed by atoms with van der Waals surface area (Å²) in [6, 6.07) is 102. The van der Waals surface area contributed by atoms with Gasteiger partial charge in [-0.1, -0.05) is 146 Å². The van der Waals surface area contributed by atoms with Gasteiger partial charge in [0.05, 0.1) is 63.7 Å². The van der Waals surface area contributed by atoms with Crippen LogP contribution in [0.3, 0.4) is 0 Å². The molecule has 8 saturated carbocycles. The van der Waals surface area contributed by atoms with Gasteiger partial charge in [-0.3, -0.25) is 4.79 Å². The summed E-state index contributed by atoms with van der Waals surface area (Å²) in [5.41, 5.74) is 7.86. The van der Waals surface area contributed by atoms with Gasteiger partial charge < -0.3 is 37.9 Å². The summed E-state index contributed by atoms with van der Waals surface area (Å²) >= 11 is 0. The normalized spacial score (nSPS) is 20.1. The summed E-state index contributed by atoms with van der Waals surface area (Å²) in [4.78, 5) is 77.4. The largest absolute Gasteiger partial charge is 0.496 e. The molecule has 17 heteroatoms. The minimum absolute atomic E-state index is 0.0827. The molecule has 12 aromatic carbocycles. The Balaban J connectivity index is 0.000000135. The van der Waals surface area contributed by atoms with Crippen molar-refractivity contribution >= 4 is 73.2 Å². The van der Waals surface area contributed by atoms with E-state index in [4.69, 9.17) is 33.2 Å². The van der Waals surface area contributed by atoms with E-state index in [1.165, 1.54) is 83.4 Å². The van der Waals surface area contributed by atoms with E-state index in [1.54, 1.807) is 7.11 Å². The fourth-order valence-electron chi connectivity index (χ4n) is 20.3. The van der Waals surface area contributed by atoms with E-state index in [9.17, 15) is 24.0 Å². The van der Waals surface area contributed by atoms with E-state index >= 15 is 0 Å². The predicted octanol–water partition coefficient (Wildman–Crippen LogP) is 23.8. The lowest BCUT2D eigenvalue weighted by molar-refractivity contribution is -0.207. The maximum absolute atomic E-state index is 12.8. The first kappa shape index (κ1) is 91.5. The topological polar surface area (TPSA) is 159 Å². The smallest absolute Gasteiger partial charge is 0.344 e. The SMILES string of the molecule is COC(=O)COc1c(C)cc([S+](c2ccccc2)c2ccccc2)cc1C.COc1c(C)cc([S+](c2ccccc2)c2ccccc2)cc1C.Cc1cc([S+](c2ccccc2)c2ccccc2)cc(C)c1OCC(=O)OC1C2CC3CC(C2)C(=O)C1C3.Cc1cc([S+](c2ccccc2)c2ccccc2)cc(C)c1OCC(=O)OCC(=O)OC1(C)C2CC3CC(C2)CC1C3. The first-order valence-electron chi connectivity index (χ1n) is 44.5. The summed E-state index contributed by atoms with van der Waals surface area (Å²) < 4.78 is 45.1. The second kappa shape index (κ2) is 42.4. The molecule has 8 bridgehead atoms. The molecule has 5 atom stereocenters. The molecule has 5 unspecified atom stereocenters. The van der Waals surface area contributed by atoms with E-state index in [-0.39, 0.29) is 99.9 Å². The number of carbonyl (C=O) groups is 5. The fraction of sp³-hybridized carbons (Fsp3) is 0.306. The highest BCUT2D eigenvalue weighted by Crippen LogP contribution is 2.60. The zero-order valence-corrected chi connectivity index (χ0v) is 78.3. The number of aryl methyl sites for hydroxylation is 8. The highest BCUT2D eigenvalue weighted by atomic mass is 32.2. The Morgan fingerprint density at radius 3 is 0.891 bits per heavy atom. The third-order valence-electron chi connectivity index (χ3n) is 25.7. The number of ether oxygens (including phenoxy) is 8. The first-order chi connectivity index (χ1) is 62.1. The minimum Gasteiger partial charge on any atom is -0.496 e. The molecule has 13 nitrogen and oxygen atoms in total. The molecular weight excluding hydrogens is 1670 g/mol. The number of esters is 4. The van der Waals surface area contributed by atoms with Crippen molar-refractivity contribution in [2.45, 2.75) is 191 Å². The van der Waals surface area contributed by atoms with Crippen LogP contribution >= 0.6 is 0 Å². The Labute approximate surface area is 766 Å². The first-order valence-corrected chi connectivity index (χ1v) is 49.4. The van der Waals surface area contributed by atoms with Crippen LogP contribution < -0.4 is 18.9 Å². The zero-order chi connectivity index (χ0) is 89.5. The van der Waals surface area contributed by atoms with Crippen LogP contribution in [0.15, 0.2) is 350 Å². The lowest BCUT2D eigenvalue weighted by atomic mass is 9.50. The van der Waals surface area contributed by atoms with Crippen LogP contribution in [0.1, 0.15) is 109 Å². The second-order valence-corrected chi connectivity index (χ2v) is 42.9. The van der Waals surface area contributed by atoms with Gasteiger partial charge in [-0.2, -0.15) is 0 Å². The van der Waals surface area contributed by atoms with Crippen molar-refractivity contribution in [3.63, 3.8) is 0 Å². The molecular formula is C111H116O13S4+4. The number of methoxy groups -OCH3 is 2. The molecule has 8 aliphatic rings. The highest BCUT2D eigenvalue weighted by Gasteiger charge is 2.58. The van der Waals surface area contributed by atoms with E-state index in [0.29, 0.717) is 35.2 Å². The van der Waals surface area contributed by atoms with Crippen molar-refractivity contribution in [3.05, 3.63) is 336 Å². The molecule has 12 aromatic rings. The van der Waals surface area contributed by atoms with E-state index in [0.717, 1.165) is 114 Å². The Bertz CT molecular complexity index is 5530.